The maximum absolute atomic E-state index is 14.7. The lowest BCUT2D eigenvalue weighted by Gasteiger charge is -2.29. The predicted molar refractivity (Wildman–Crippen MR) is 81.7 cm³/mol. The Balaban J connectivity index is 1.98. The van der Waals surface area contributed by atoms with Gasteiger partial charge >= 0.3 is 0 Å². The molecule has 0 bridgehead atoms. The minimum Gasteiger partial charge on any atom is -0.378 e. The molecule has 0 radical (unpaired) electrons. The number of pyridine rings is 1. The van der Waals surface area contributed by atoms with Crippen molar-refractivity contribution < 1.29 is 13.5 Å². The first-order valence-corrected chi connectivity index (χ1v) is 7.39. The van der Waals surface area contributed by atoms with E-state index in [4.69, 9.17) is 16.3 Å². The van der Waals surface area contributed by atoms with Crippen LogP contribution in [0.4, 0.5) is 14.6 Å². The number of hydrogen-bond donors (Lipinski definition) is 0. The standard InChI is InChI=1S/C16H15ClF2N2O/c17-14-10-13(16(18,19)12-4-2-1-3-5-12)11-15(20-14)21-6-8-22-9-7-21/h1-5,10-11H,6-9H2. The monoisotopic (exact) mass is 324 g/mol. The molecule has 0 amide bonds. The summed E-state index contributed by atoms with van der Waals surface area (Å²) >= 11 is 5.96. The van der Waals surface area contributed by atoms with Gasteiger partial charge in [-0.25, -0.2) is 4.98 Å². The van der Waals surface area contributed by atoms with Gasteiger partial charge in [-0.15, -0.1) is 0 Å². The van der Waals surface area contributed by atoms with Crippen molar-refractivity contribution >= 4 is 17.4 Å². The van der Waals surface area contributed by atoms with Crippen LogP contribution in [0.2, 0.25) is 5.15 Å². The summed E-state index contributed by atoms with van der Waals surface area (Å²) in [5.74, 6) is -2.66. The van der Waals surface area contributed by atoms with Gasteiger partial charge in [0.2, 0.25) is 0 Å². The molecule has 0 atom stereocenters. The highest BCUT2D eigenvalue weighted by Crippen LogP contribution is 2.37. The molecule has 3 rings (SSSR count). The number of aromatic nitrogens is 1. The third kappa shape index (κ3) is 3.05. The van der Waals surface area contributed by atoms with Gasteiger partial charge in [0.25, 0.3) is 5.92 Å². The van der Waals surface area contributed by atoms with Crippen LogP contribution in [0.15, 0.2) is 42.5 Å². The van der Waals surface area contributed by atoms with Crippen molar-refractivity contribution in [1.29, 1.82) is 0 Å². The predicted octanol–water partition coefficient (Wildman–Crippen LogP) is 3.71. The van der Waals surface area contributed by atoms with E-state index in [-0.39, 0.29) is 16.3 Å². The molecule has 2 heterocycles. The summed E-state index contributed by atoms with van der Waals surface area (Å²) < 4.78 is 34.6. The van der Waals surface area contributed by atoms with Crippen molar-refractivity contribution in [2.45, 2.75) is 5.92 Å². The molecule has 1 saturated heterocycles. The molecule has 6 heteroatoms. The molecule has 1 fully saturated rings. The van der Waals surface area contributed by atoms with E-state index < -0.39 is 5.92 Å². The van der Waals surface area contributed by atoms with E-state index in [9.17, 15) is 8.78 Å². The molecule has 0 saturated carbocycles. The van der Waals surface area contributed by atoms with E-state index in [1.54, 1.807) is 18.2 Å². The fourth-order valence-corrected chi connectivity index (χ4v) is 2.64. The average Bonchev–Trinajstić information content (AvgIpc) is 2.56. The van der Waals surface area contributed by atoms with Gasteiger partial charge in [0, 0.05) is 24.2 Å². The Morgan fingerprint density at radius 1 is 1.05 bits per heavy atom. The Morgan fingerprint density at radius 3 is 2.41 bits per heavy atom. The van der Waals surface area contributed by atoms with Crippen molar-refractivity contribution in [3.05, 3.63) is 58.7 Å². The van der Waals surface area contributed by atoms with Crippen LogP contribution in [0.5, 0.6) is 0 Å². The van der Waals surface area contributed by atoms with Crippen molar-refractivity contribution in [2.24, 2.45) is 0 Å². The van der Waals surface area contributed by atoms with E-state index in [1.165, 1.54) is 24.3 Å². The summed E-state index contributed by atoms with van der Waals surface area (Å²) in [4.78, 5) is 6.07. The van der Waals surface area contributed by atoms with Crippen molar-refractivity contribution in [3.8, 4) is 0 Å². The number of rotatable bonds is 3. The van der Waals surface area contributed by atoms with Crippen LogP contribution in [-0.4, -0.2) is 31.3 Å². The number of alkyl halides is 2. The van der Waals surface area contributed by atoms with Gasteiger partial charge in [0.15, 0.2) is 0 Å². The lowest BCUT2D eigenvalue weighted by Crippen LogP contribution is -2.37. The zero-order valence-electron chi connectivity index (χ0n) is 11.8. The van der Waals surface area contributed by atoms with Crippen LogP contribution in [0.1, 0.15) is 11.1 Å². The fourth-order valence-electron chi connectivity index (χ4n) is 2.43. The normalized spacial score (nSPS) is 15.9. The van der Waals surface area contributed by atoms with E-state index in [0.29, 0.717) is 32.1 Å². The Kier molecular flexibility index (Phi) is 4.27. The summed E-state index contributed by atoms with van der Waals surface area (Å²) in [5.41, 5.74) is -0.217. The van der Waals surface area contributed by atoms with Crippen molar-refractivity contribution in [3.63, 3.8) is 0 Å². The maximum atomic E-state index is 14.7. The summed E-state index contributed by atoms with van der Waals surface area (Å²) in [6, 6.07) is 10.3. The molecule has 1 aliphatic heterocycles. The second kappa shape index (κ2) is 6.18. The zero-order valence-corrected chi connectivity index (χ0v) is 12.6. The number of hydrogen-bond acceptors (Lipinski definition) is 3. The number of anilines is 1. The first kappa shape index (κ1) is 15.2. The van der Waals surface area contributed by atoms with Crippen LogP contribution in [0, 0.1) is 0 Å². The molecule has 116 valence electrons. The number of benzene rings is 1. The number of ether oxygens (including phenoxy) is 1. The van der Waals surface area contributed by atoms with E-state index in [0.717, 1.165) is 0 Å². The average molecular weight is 325 g/mol. The first-order chi connectivity index (χ1) is 10.6. The third-order valence-corrected chi connectivity index (χ3v) is 3.81. The van der Waals surface area contributed by atoms with Gasteiger partial charge in [-0.05, 0) is 12.1 Å². The van der Waals surface area contributed by atoms with Crippen LogP contribution in [-0.2, 0) is 10.7 Å². The Morgan fingerprint density at radius 2 is 1.73 bits per heavy atom. The van der Waals surface area contributed by atoms with E-state index in [1.807, 2.05) is 4.90 Å². The number of nitrogens with zero attached hydrogens (tertiary/aromatic N) is 2. The summed E-state index contributed by atoms with van der Waals surface area (Å²) in [7, 11) is 0. The molecule has 1 aromatic carbocycles. The zero-order chi connectivity index (χ0) is 15.6. The summed E-state index contributed by atoms with van der Waals surface area (Å²) in [5, 5.41) is 0.0644. The van der Waals surface area contributed by atoms with Crippen LogP contribution >= 0.6 is 11.6 Å². The smallest absolute Gasteiger partial charge is 0.298 e. The van der Waals surface area contributed by atoms with Gasteiger partial charge in [0.05, 0.1) is 13.2 Å². The van der Waals surface area contributed by atoms with Crippen molar-refractivity contribution in [1.82, 2.24) is 4.98 Å². The van der Waals surface area contributed by atoms with Crippen LogP contribution in [0.25, 0.3) is 0 Å². The largest absolute Gasteiger partial charge is 0.378 e. The molecule has 1 aromatic heterocycles. The SMILES string of the molecule is FC(F)(c1ccccc1)c1cc(Cl)nc(N2CCOCC2)c1. The van der Waals surface area contributed by atoms with Crippen LogP contribution < -0.4 is 4.90 Å². The number of halogens is 3. The first-order valence-electron chi connectivity index (χ1n) is 7.01. The molecular weight excluding hydrogens is 310 g/mol. The molecule has 22 heavy (non-hydrogen) atoms. The van der Waals surface area contributed by atoms with Gasteiger partial charge in [-0.2, -0.15) is 8.78 Å². The lowest BCUT2D eigenvalue weighted by atomic mass is 10.0. The molecule has 2 aromatic rings. The fraction of sp³-hybridized carbons (Fsp3) is 0.312. The Bertz CT molecular complexity index is 646. The molecule has 0 aliphatic carbocycles. The minimum atomic E-state index is -3.12. The molecule has 0 N–H and O–H groups in total. The quantitative estimate of drug-likeness (QED) is 0.805. The molecule has 0 unspecified atom stereocenters. The van der Waals surface area contributed by atoms with Gasteiger partial charge in [0.1, 0.15) is 11.0 Å². The molecular formula is C16H15ClF2N2O. The topological polar surface area (TPSA) is 25.4 Å². The Hall–Kier alpha value is -1.72. The second-order valence-corrected chi connectivity index (χ2v) is 5.46. The highest BCUT2D eigenvalue weighted by Gasteiger charge is 2.35. The Labute approximate surface area is 132 Å². The summed E-state index contributed by atoms with van der Waals surface area (Å²) in [6.07, 6.45) is 0. The van der Waals surface area contributed by atoms with Crippen molar-refractivity contribution in [2.75, 3.05) is 31.2 Å². The van der Waals surface area contributed by atoms with Gasteiger partial charge in [-0.3, -0.25) is 0 Å². The van der Waals surface area contributed by atoms with Gasteiger partial charge in [-0.1, -0.05) is 41.9 Å². The van der Waals surface area contributed by atoms with Crippen LogP contribution in [0.3, 0.4) is 0 Å². The number of morpholine rings is 1. The molecule has 0 spiro atoms. The summed E-state index contributed by atoms with van der Waals surface area (Å²) in [6.45, 7) is 2.34. The van der Waals surface area contributed by atoms with E-state index in [2.05, 4.69) is 4.98 Å². The maximum Gasteiger partial charge on any atom is 0.298 e. The molecule has 1 aliphatic rings. The minimum absolute atomic E-state index is 0.0644. The highest BCUT2D eigenvalue weighted by molar-refractivity contribution is 6.29. The van der Waals surface area contributed by atoms with Gasteiger partial charge < -0.3 is 9.64 Å². The lowest BCUT2D eigenvalue weighted by molar-refractivity contribution is 0.0427. The third-order valence-electron chi connectivity index (χ3n) is 3.61. The second-order valence-electron chi connectivity index (χ2n) is 5.08. The molecule has 3 nitrogen and oxygen atoms in total. The highest BCUT2D eigenvalue weighted by atomic mass is 35.5. The van der Waals surface area contributed by atoms with E-state index >= 15 is 0 Å².